The number of halogens is 7. The van der Waals surface area contributed by atoms with Crippen molar-refractivity contribution < 1.29 is 40.3 Å². The minimum absolute atomic E-state index is 0.109. The van der Waals surface area contributed by atoms with Crippen LogP contribution in [0.2, 0.25) is 5.02 Å². The Morgan fingerprint density at radius 1 is 0.824 bits per heavy atom. The van der Waals surface area contributed by atoms with Gasteiger partial charge in [-0.25, -0.2) is 9.78 Å². The first-order chi connectivity index (χ1) is 24.3. The second kappa shape index (κ2) is 14.7. The average molecular weight is 736 g/mol. The van der Waals surface area contributed by atoms with Crippen LogP contribution in [0.5, 0.6) is 0 Å². The van der Waals surface area contributed by atoms with E-state index in [2.05, 4.69) is 20.6 Å². The van der Waals surface area contributed by atoms with Crippen molar-refractivity contribution in [1.29, 1.82) is 0 Å². The summed E-state index contributed by atoms with van der Waals surface area (Å²) in [5, 5.41) is 4.61. The maximum atomic E-state index is 14.0. The first kappa shape index (κ1) is 35.8. The molecule has 2 saturated heterocycles. The number of hydrogen-bond donors (Lipinski definition) is 2. The summed E-state index contributed by atoms with van der Waals surface area (Å²) in [6.45, 7) is 1.98. The Hall–Kier alpha value is -4.99. The number of carbonyl (C=O) groups is 2. The molecule has 0 aliphatic carbocycles. The first-order valence-corrected chi connectivity index (χ1v) is 16.5. The predicted molar refractivity (Wildman–Crippen MR) is 178 cm³/mol. The van der Waals surface area contributed by atoms with Crippen LogP contribution in [-0.4, -0.2) is 66.1 Å². The molecule has 2 aromatic heterocycles. The third kappa shape index (κ3) is 8.49. The van der Waals surface area contributed by atoms with Gasteiger partial charge in [-0.05, 0) is 61.1 Å². The van der Waals surface area contributed by atoms with E-state index in [1.54, 1.807) is 11.0 Å². The lowest BCUT2D eigenvalue weighted by Crippen LogP contribution is -2.38. The van der Waals surface area contributed by atoms with Crippen molar-refractivity contribution in [1.82, 2.24) is 14.9 Å². The normalized spacial score (nSPS) is 16.2. The molecule has 2 fully saturated rings. The molecule has 6 rings (SSSR count). The van der Waals surface area contributed by atoms with Gasteiger partial charge in [-0.3, -0.25) is 4.79 Å². The third-order valence-corrected chi connectivity index (χ3v) is 9.00. The Kier molecular flexibility index (Phi) is 10.3. The van der Waals surface area contributed by atoms with E-state index in [9.17, 15) is 35.9 Å². The van der Waals surface area contributed by atoms with Crippen LogP contribution in [0, 0.1) is 0 Å². The second-order valence-electron chi connectivity index (χ2n) is 12.1. The Bertz CT molecular complexity index is 1850. The van der Waals surface area contributed by atoms with E-state index in [0.717, 1.165) is 17.7 Å². The highest BCUT2D eigenvalue weighted by atomic mass is 35.5. The molecule has 0 atom stereocenters. The second-order valence-corrected chi connectivity index (χ2v) is 12.6. The lowest BCUT2D eigenvalue weighted by molar-refractivity contribution is -0.141. The molecular formula is C34H32ClF6N7O3. The third-order valence-electron chi connectivity index (χ3n) is 8.77. The zero-order chi connectivity index (χ0) is 36.3. The van der Waals surface area contributed by atoms with Crippen LogP contribution in [0.1, 0.15) is 52.6 Å². The van der Waals surface area contributed by atoms with Gasteiger partial charge in [0, 0.05) is 44.3 Å². The van der Waals surface area contributed by atoms with Gasteiger partial charge in [-0.2, -0.15) is 31.3 Å². The topological polar surface area (TPSA) is 107 Å². The van der Waals surface area contributed by atoms with Gasteiger partial charge in [0.1, 0.15) is 5.82 Å². The first-order valence-electron chi connectivity index (χ1n) is 16.1. The summed E-state index contributed by atoms with van der Waals surface area (Å²) in [5.41, 5.74) is -1.63. The zero-order valence-electron chi connectivity index (χ0n) is 26.9. The number of benzene rings is 2. The lowest BCUT2D eigenvalue weighted by atomic mass is 9.90. The maximum absolute atomic E-state index is 14.0. The molecule has 10 nitrogen and oxygen atoms in total. The number of hydrogen-bond acceptors (Lipinski definition) is 7. The Morgan fingerprint density at radius 3 is 2.24 bits per heavy atom. The number of carbonyl (C=O) groups excluding carboxylic acids is 2. The molecule has 3 amide bonds. The van der Waals surface area contributed by atoms with E-state index < -0.39 is 47.0 Å². The Balaban J connectivity index is 1.07. The number of nitrogens with zero attached hydrogens (tertiary/aromatic N) is 5. The van der Waals surface area contributed by atoms with E-state index in [4.69, 9.17) is 16.0 Å². The van der Waals surface area contributed by atoms with E-state index >= 15 is 0 Å². The molecule has 2 aliphatic heterocycles. The molecule has 0 bridgehead atoms. The standard InChI is InChI=1S/C34H32ClF6N7O3/c35-23-7-9-26(25(19-23)33(36,37)38)44-31(50)47-14-4-13-46(17-18-47)27-10-8-24(20-42-27)43-30(49)28-29(34(39,40)41)45-32(51-28)48-15-11-22(12-16-48)21-5-2-1-3-6-21/h1-3,5-10,19-20,22H,4,11-18H2,(H,43,49)(H,44,50). The molecule has 2 aliphatic rings. The maximum Gasteiger partial charge on any atom is 0.437 e. The van der Waals surface area contributed by atoms with Crippen molar-refractivity contribution in [2.24, 2.45) is 0 Å². The summed E-state index contributed by atoms with van der Waals surface area (Å²) >= 11 is 5.73. The number of aromatic nitrogens is 2. The van der Waals surface area contributed by atoms with Gasteiger partial charge >= 0.3 is 18.4 Å². The number of pyridine rings is 1. The van der Waals surface area contributed by atoms with E-state index in [1.807, 2.05) is 35.2 Å². The highest BCUT2D eigenvalue weighted by Gasteiger charge is 2.42. The molecule has 4 aromatic rings. The number of rotatable bonds is 6. The Morgan fingerprint density at radius 2 is 1.57 bits per heavy atom. The van der Waals surface area contributed by atoms with Crippen molar-refractivity contribution in [2.45, 2.75) is 37.5 Å². The number of urea groups is 1. The smallest absolute Gasteiger partial charge is 0.417 e. The summed E-state index contributed by atoms with van der Waals surface area (Å²) in [4.78, 5) is 38.8. The molecule has 0 radical (unpaired) electrons. The van der Waals surface area contributed by atoms with Crippen LogP contribution in [-0.2, 0) is 12.4 Å². The molecule has 0 unspecified atom stereocenters. The van der Waals surface area contributed by atoms with Crippen LogP contribution in [0.4, 0.5) is 54.3 Å². The molecular weight excluding hydrogens is 704 g/mol. The van der Waals surface area contributed by atoms with Crippen LogP contribution in [0.3, 0.4) is 0 Å². The zero-order valence-corrected chi connectivity index (χ0v) is 27.7. The number of nitrogens with one attached hydrogen (secondary N) is 2. The van der Waals surface area contributed by atoms with E-state index in [-0.39, 0.29) is 42.3 Å². The molecule has 51 heavy (non-hydrogen) atoms. The van der Waals surface area contributed by atoms with Crippen molar-refractivity contribution in [2.75, 3.05) is 59.7 Å². The quantitative estimate of drug-likeness (QED) is 0.193. The van der Waals surface area contributed by atoms with Gasteiger partial charge < -0.3 is 29.8 Å². The minimum atomic E-state index is -4.94. The number of alkyl halides is 6. The minimum Gasteiger partial charge on any atom is -0.417 e. The van der Waals surface area contributed by atoms with Gasteiger partial charge in [0.15, 0.2) is 5.69 Å². The fraction of sp³-hybridized carbons (Fsp3) is 0.353. The summed E-state index contributed by atoms with van der Waals surface area (Å²) in [6.07, 6.45) is -6.55. The van der Waals surface area contributed by atoms with Gasteiger partial charge in [0.05, 0.1) is 23.1 Å². The van der Waals surface area contributed by atoms with Gasteiger partial charge in [-0.1, -0.05) is 41.9 Å². The highest BCUT2D eigenvalue weighted by Crippen LogP contribution is 2.38. The molecule has 4 heterocycles. The highest BCUT2D eigenvalue weighted by molar-refractivity contribution is 6.30. The fourth-order valence-corrected chi connectivity index (χ4v) is 6.33. The number of oxazole rings is 1. The summed E-state index contributed by atoms with van der Waals surface area (Å²) in [7, 11) is 0. The molecule has 2 N–H and O–H groups in total. The van der Waals surface area contributed by atoms with E-state index in [1.165, 1.54) is 23.2 Å². The summed E-state index contributed by atoms with van der Waals surface area (Å²) in [6, 6.07) is 15.0. The van der Waals surface area contributed by atoms with Crippen LogP contribution >= 0.6 is 11.6 Å². The molecule has 17 heteroatoms. The summed E-state index contributed by atoms with van der Waals surface area (Å²) in [5.74, 6) is -1.39. The van der Waals surface area contributed by atoms with Gasteiger partial charge in [0.2, 0.25) is 5.76 Å². The largest absolute Gasteiger partial charge is 0.437 e. The molecule has 270 valence electrons. The van der Waals surface area contributed by atoms with Crippen molar-refractivity contribution in [3.8, 4) is 0 Å². The fourth-order valence-electron chi connectivity index (χ4n) is 6.16. The Labute approximate surface area is 293 Å². The van der Waals surface area contributed by atoms with Crippen LogP contribution in [0.15, 0.2) is 71.3 Å². The van der Waals surface area contributed by atoms with Gasteiger partial charge in [-0.15, -0.1) is 0 Å². The molecule has 0 spiro atoms. The van der Waals surface area contributed by atoms with Gasteiger partial charge in [0.25, 0.3) is 11.9 Å². The predicted octanol–water partition coefficient (Wildman–Crippen LogP) is 8.14. The molecule has 0 saturated carbocycles. The van der Waals surface area contributed by atoms with Crippen molar-refractivity contribution in [3.05, 3.63) is 94.5 Å². The van der Waals surface area contributed by atoms with Crippen molar-refractivity contribution >= 4 is 46.7 Å². The monoisotopic (exact) mass is 735 g/mol. The lowest BCUT2D eigenvalue weighted by Gasteiger charge is -2.31. The summed E-state index contributed by atoms with van der Waals surface area (Å²) < 4.78 is 87.8. The van der Waals surface area contributed by atoms with Crippen molar-refractivity contribution in [3.63, 3.8) is 0 Å². The van der Waals surface area contributed by atoms with Crippen LogP contribution in [0.25, 0.3) is 0 Å². The van der Waals surface area contributed by atoms with E-state index in [0.29, 0.717) is 44.7 Å². The van der Waals surface area contributed by atoms with Crippen LogP contribution < -0.4 is 20.4 Å². The number of amides is 3. The number of anilines is 4. The average Bonchev–Trinajstić information content (AvgIpc) is 3.43. The number of piperidine rings is 1. The SMILES string of the molecule is O=C(Nc1ccc(N2CCCN(C(=O)Nc3ccc(Cl)cc3C(F)(F)F)CC2)nc1)c1oc(N2CCC(c3ccccc3)CC2)nc1C(F)(F)F. The molecule has 2 aromatic carbocycles.